The number of hydrogen-bond donors (Lipinski definition) is 1. The van der Waals surface area contributed by atoms with Crippen LogP contribution in [0.3, 0.4) is 0 Å². The van der Waals surface area contributed by atoms with Crippen molar-refractivity contribution in [2.45, 2.75) is 25.8 Å². The van der Waals surface area contributed by atoms with E-state index in [1.807, 2.05) is 0 Å². The van der Waals surface area contributed by atoms with Crippen molar-refractivity contribution in [3.63, 3.8) is 0 Å². The van der Waals surface area contributed by atoms with Crippen molar-refractivity contribution in [3.05, 3.63) is 21.0 Å². The van der Waals surface area contributed by atoms with Crippen LogP contribution >= 0.6 is 15.9 Å². The number of halogens is 1. The SMILES string of the molecule is CCN1CCC(Nc2cnn(C)c(=O)c2Br)CC1. The molecule has 0 unspecified atom stereocenters. The number of nitrogens with one attached hydrogen (secondary N) is 1. The lowest BCUT2D eigenvalue weighted by molar-refractivity contribution is 0.229. The van der Waals surface area contributed by atoms with E-state index < -0.39 is 0 Å². The van der Waals surface area contributed by atoms with E-state index in [4.69, 9.17) is 0 Å². The Morgan fingerprint density at radius 3 is 2.78 bits per heavy atom. The van der Waals surface area contributed by atoms with E-state index in [1.165, 1.54) is 4.68 Å². The van der Waals surface area contributed by atoms with Crippen LogP contribution in [0.25, 0.3) is 0 Å². The maximum absolute atomic E-state index is 11.7. The lowest BCUT2D eigenvalue weighted by atomic mass is 10.1. The Hall–Kier alpha value is -0.880. The summed E-state index contributed by atoms with van der Waals surface area (Å²) < 4.78 is 1.90. The van der Waals surface area contributed by atoms with Crippen molar-refractivity contribution in [1.29, 1.82) is 0 Å². The van der Waals surface area contributed by atoms with Gasteiger partial charge in [-0.3, -0.25) is 4.79 Å². The van der Waals surface area contributed by atoms with Crippen LogP contribution in [0.15, 0.2) is 15.5 Å². The van der Waals surface area contributed by atoms with Gasteiger partial charge in [0.25, 0.3) is 5.56 Å². The molecule has 6 heteroatoms. The molecule has 0 radical (unpaired) electrons. The largest absolute Gasteiger partial charge is 0.380 e. The molecule has 1 aliphatic heterocycles. The molecule has 1 saturated heterocycles. The van der Waals surface area contributed by atoms with Gasteiger partial charge in [0.15, 0.2) is 0 Å². The second kappa shape index (κ2) is 5.84. The smallest absolute Gasteiger partial charge is 0.282 e. The molecule has 0 spiro atoms. The molecule has 1 fully saturated rings. The minimum Gasteiger partial charge on any atom is -0.380 e. The molecule has 1 aromatic heterocycles. The third-order valence-corrected chi connectivity index (χ3v) is 4.24. The molecule has 18 heavy (non-hydrogen) atoms. The van der Waals surface area contributed by atoms with Crippen LogP contribution in [0.1, 0.15) is 19.8 Å². The Bertz CT molecular complexity index is 466. The molecule has 1 aromatic rings. The first-order valence-electron chi connectivity index (χ1n) is 6.32. The van der Waals surface area contributed by atoms with Gasteiger partial charge < -0.3 is 10.2 Å². The van der Waals surface area contributed by atoms with Gasteiger partial charge in [0, 0.05) is 26.2 Å². The minimum absolute atomic E-state index is 0.106. The predicted octanol–water partition coefficient (Wildman–Crippen LogP) is 1.44. The zero-order chi connectivity index (χ0) is 13.1. The number of aromatic nitrogens is 2. The highest BCUT2D eigenvalue weighted by molar-refractivity contribution is 9.10. The van der Waals surface area contributed by atoms with Crippen molar-refractivity contribution < 1.29 is 0 Å². The number of rotatable bonds is 3. The molecular weight excluding hydrogens is 296 g/mol. The maximum atomic E-state index is 11.7. The van der Waals surface area contributed by atoms with Gasteiger partial charge in [-0.2, -0.15) is 5.10 Å². The summed E-state index contributed by atoms with van der Waals surface area (Å²) in [6, 6.07) is 0.429. The van der Waals surface area contributed by atoms with Crippen LogP contribution in [0.5, 0.6) is 0 Å². The lowest BCUT2D eigenvalue weighted by Gasteiger charge is -2.32. The van der Waals surface area contributed by atoms with E-state index >= 15 is 0 Å². The first kappa shape index (κ1) is 13.5. The lowest BCUT2D eigenvalue weighted by Crippen LogP contribution is -2.39. The molecule has 2 rings (SSSR count). The fourth-order valence-corrected chi connectivity index (χ4v) is 2.70. The van der Waals surface area contributed by atoms with Gasteiger partial charge in [0.1, 0.15) is 4.47 Å². The van der Waals surface area contributed by atoms with Gasteiger partial charge in [-0.15, -0.1) is 0 Å². The Labute approximate surface area is 115 Å². The zero-order valence-electron chi connectivity index (χ0n) is 10.8. The van der Waals surface area contributed by atoms with Gasteiger partial charge in [-0.1, -0.05) is 6.92 Å². The molecule has 1 N–H and O–H groups in total. The fraction of sp³-hybridized carbons (Fsp3) is 0.667. The zero-order valence-corrected chi connectivity index (χ0v) is 12.4. The number of aryl methyl sites for hydroxylation is 1. The van der Waals surface area contributed by atoms with Crippen LogP contribution in [0.4, 0.5) is 5.69 Å². The summed E-state index contributed by atoms with van der Waals surface area (Å²) >= 11 is 3.34. The molecule has 0 bridgehead atoms. The number of nitrogens with zero attached hydrogens (tertiary/aromatic N) is 3. The average molecular weight is 315 g/mol. The minimum atomic E-state index is -0.106. The summed E-state index contributed by atoms with van der Waals surface area (Å²) in [6.45, 7) is 5.53. The molecular formula is C12H19BrN4O. The highest BCUT2D eigenvalue weighted by atomic mass is 79.9. The summed E-state index contributed by atoms with van der Waals surface area (Å²) in [5.74, 6) is 0. The van der Waals surface area contributed by atoms with Gasteiger partial charge in [-0.05, 0) is 35.3 Å². The molecule has 0 saturated carbocycles. The molecule has 1 aliphatic rings. The first-order chi connectivity index (χ1) is 8.61. The Kier molecular flexibility index (Phi) is 4.40. The van der Waals surface area contributed by atoms with E-state index in [9.17, 15) is 4.79 Å². The number of hydrogen-bond acceptors (Lipinski definition) is 4. The summed E-state index contributed by atoms with van der Waals surface area (Å²) in [5.41, 5.74) is 0.694. The van der Waals surface area contributed by atoms with Gasteiger partial charge in [0.2, 0.25) is 0 Å². The van der Waals surface area contributed by atoms with Crippen molar-refractivity contribution in [1.82, 2.24) is 14.7 Å². The molecule has 0 amide bonds. The maximum Gasteiger partial charge on any atom is 0.282 e. The van der Waals surface area contributed by atoms with E-state index in [0.29, 0.717) is 10.5 Å². The molecule has 5 nitrogen and oxygen atoms in total. The van der Waals surface area contributed by atoms with Crippen LogP contribution in [-0.2, 0) is 7.05 Å². The van der Waals surface area contributed by atoms with Crippen LogP contribution in [-0.4, -0.2) is 40.4 Å². The highest BCUT2D eigenvalue weighted by Crippen LogP contribution is 2.20. The quantitative estimate of drug-likeness (QED) is 0.917. The molecule has 0 atom stereocenters. The van der Waals surface area contributed by atoms with Gasteiger partial charge >= 0.3 is 0 Å². The average Bonchev–Trinajstić information content (AvgIpc) is 2.40. The highest BCUT2D eigenvalue weighted by Gasteiger charge is 2.19. The van der Waals surface area contributed by atoms with Crippen molar-refractivity contribution in [3.8, 4) is 0 Å². The Morgan fingerprint density at radius 2 is 2.17 bits per heavy atom. The summed E-state index contributed by atoms with van der Waals surface area (Å²) in [6.07, 6.45) is 3.92. The first-order valence-corrected chi connectivity index (χ1v) is 7.11. The number of anilines is 1. The second-order valence-electron chi connectivity index (χ2n) is 4.65. The topological polar surface area (TPSA) is 50.2 Å². The van der Waals surface area contributed by atoms with E-state index in [-0.39, 0.29) is 5.56 Å². The van der Waals surface area contributed by atoms with Crippen LogP contribution in [0.2, 0.25) is 0 Å². The fourth-order valence-electron chi connectivity index (χ4n) is 2.22. The Balaban J connectivity index is 2.03. The monoisotopic (exact) mass is 314 g/mol. The van der Waals surface area contributed by atoms with E-state index in [0.717, 1.165) is 38.2 Å². The number of likely N-dealkylation sites (tertiary alicyclic amines) is 1. The molecule has 0 aliphatic carbocycles. The van der Waals surface area contributed by atoms with E-state index in [1.54, 1.807) is 13.2 Å². The molecule has 100 valence electrons. The molecule has 2 heterocycles. The van der Waals surface area contributed by atoms with Crippen molar-refractivity contribution >= 4 is 21.6 Å². The molecule has 0 aromatic carbocycles. The third kappa shape index (κ3) is 2.92. The predicted molar refractivity (Wildman–Crippen MR) is 75.9 cm³/mol. The Morgan fingerprint density at radius 1 is 1.50 bits per heavy atom. The van der Waals surface area contributed by atoms with Crippen molar-refractivity contribution in [2.24, 2.45) is 7.05 Å². The van der Waals surface area contributed by atoms with Gasteiger partial charge in [0.05, 0.1) is 11.9 Å². The second-order valence-corrected chi connectivity index (χ2v) is 5.45. The van der Waals surface area contributed by atoms with Gasteiger partial charge in [-0.25, -0.2) is 4.68 Å². The normalized spacial score (nSPS) is 17.9. The summed E-state index contributed by atoms with van der Waals surface area (Å²) in [4.78, 5) is 14.2. The third-order valence-electron chi connectivity index (χ3n) is 3.47. The van der Waals surface area contributed by atoms with Crippen LogP contribution in [0, 0.1) is 0 Å². The standard InChI is InChI=1S/C12H19BrN4O/c1-3-17-6-4-9(5-7-17)15-10-8-14-16(2)12(18)11(10)13/h8-9,15H,3-7H2,1-2H3. The summed E-state index contributed by atoms with van der Waals surface area (Å²) in [7, 11) is 1.65. The number of piperidine rings is 1. The van der Waals surface area contributed by atoms with Crippen LogP contribution < -0.4 is 10.9 Å². The van der Waals surface area contributed by atoms with Crippen molar-refractivity contribution in [2.75, 3.05) is 25.0 Å². The summed E-state index contributed by atoms with van der Waals surface area (Å²) in [5, 5.41) is 7.45. The van der Waals surface area contributed by atoms with E-state index in [2.05, 4.69) is 38.2 Å².